The first kappa shape index (κ1) is 26.3. The van der Waals surface area contributed by atoms with Crippen LogP contribution in [-0.4, -0.2) is 35.0 Å². The maximum Gasteiger partial charge on any atom is 0.274 e. The largest absolute Gasteiger partial charge is 0.297 e. The number of carbonyl (C=O) groups is 2. The summed E-state index contributed by atoms with van der Waals surface area (Å²) in [5, 5.41) is 11.1. The third-order valence-corrected chi connectivity index (χ3v) is 5.85. The Morgan fingerprint density at radius 1 is 0.879 bits per heavy atom. The predicted octanol–water partition coefficient (Wildman–Crippen LogP) is 4.22. The zero-order valence-electron chi connectivity index (χ0n) is 19.1. The number of carbonyl (C=O) groups excluding carboxylic acids is 2. The highest BCUT2D eigenvalue weighted by molar-refractivity contribution is 5.97. The lowest BCUT2D eigenvalue weighted by molar-refractivity contribution is 0.0706. The molecule has 0 spiro atoms. The highest BCUT2D eigenvalue weighted by Crippen LogP contribution is 2.30. The standard InChI is InChI=1S/C25H30N4O3.ClH/c1-4-29(5-2)17(3)21-15-14-20(22-8-6-7-9-23(21)22)16-26-27-24(30)18-10-12-19(13-11-18)25(31)28-32;/h6-15,17,26,32H,4-5,16H2,1-3H3,(H,27,30)(H,28,31);1H. The van der Waals surface area contributed by atoms with Gasteiger partial charge in [-0.2, -0.15) is 0 Å². The van der Waals surface area contributed by atoms with Crippen molar-refractivity contribution in [2.45, 2.75) is 33.4 Å². The van der Waals surface area contributed by atoms with Crippen molar-refractivity contribution in [1.82, 2.24) is 21.2 Å². The van der Waals surface area contributed by atoms with E-state index in [2.05, 4.69) is 66.9 Å². The van der Waals surface area contributed by atoms with Crippen LogP contribution in [0.1, 0.15) is 58.7 Å². The molecule has 0 radical (unpaired) electrons. The van der Waals surface area contributed by atoms with Gasteiger partial charge in [-0.3, -0.25) is 25.1 Å². The van der Waals surface area contributed by atoms with Gasteiger partial charge < -0.3 is 0 Å². The summed E-state index contributed by atoms with van der Waals surface area (Å²) in [5.74, 6) is -0.933. The average molecular weight is 471 g/mol. The molecule has 0 heterocycles. The van der Waals surface area contributed by atoms with Gasteiger partial charge in [0, 0.05) is 23.7 Å². The van der Waals surface area contributed by atoms with Crippen molar-refractivity contribution in [3.8, 4) is 0 Å². The Labute approximate surface area is 200 Å². The molecule has 0 aliphatic carbocycles. The number of benzene rings is 3. The normalized spacial score (nSPS) is 11.7. The zero-order valence-corrected chi connectivity index (χ0v) is 19.9. The number of hydroxylamine groups is 1. The minimum absolute atomic E-state index is 0. The Morgan fingerprint density at radius 2 is 1.45 bits per heavy atom. The average Bonchev–Trinajstić information content (AvgIpc) is 2.84. The highest BCUT2D eigenvalue weighted by atomic mass is 35.5. The number of fused-ring (bicyclic) bond motifs is 1. The number of hydrogen-bond donors (Lipinski definition) is 4. The van der Waals surface area contributed by atoms with Crippen molar-refractivity contribution in [3.05, 3.63) is 82.9 Å². The Morgan fingerprint density at radius 3 is 2.03 bits per heavy atom. The van der Waals surface area contributed by atoms with Gasteiger partial charge in [0.25, 0.3) is 11.8 Å². The number of nitrogens with one attached hydrogen (secondary N) is 3. The molecule has 3 rings (SSSR count). The van der Waals surface area contributed by atoms with Gasteiger partial charge in [0.15, 0.2) is 0 Å². The van der Waals surface area contributed by atoms with E-state index in [0.29, 0.717) is 18.2 Å². The van der Waals surface area contributed by atoms with Crippen molar-refractivity contribution in [3.63, 3.8) is 0 Å². The van der Waals surface area contributed by atoms with E-state index in [1.807, 2.05) is 6.07 Å². The smallest absolute Gasteiger partial charge is 0.274 e. The fraction of sp³-hybridized carbons (Fsp3) is 0.280. The van der Waals surface area contributed by atoms with Crippen LogP contribution in [0, 0.1) is 0 Å². The lowest BCUT2D eigenvalue weighted by Gasteiger charge is -2.28. The molecule has 0 bridgehead atoms. The monoisotopic (exact) mass is 470 g/mol. The Kier molecular flexibility index (Phi) is 9.81. The summed E-state index contributed by atoms with van der Waals surface area (Å²) in [6.07, 6.45) is 0. The number of rotatable bonds is 9. The molecule has 8 heteroatoms. The molecule has 3 aromatic rings. The van der Waals surface area contributed by atoms with Crippen molar-refractivity contribution in [2.75, 3.05) is 13.1 Å². The van der Waals surface area contributed by atoms with Crippen molar-refractivity contribution in [2.24, 2.45) is 0 Å². The second-order valence-corrected chi connectivity index (χ2v) is 7.58. The van der Waals surface area contributed by atoms with Crippen LogP contribution in [0.25, 0.3) is 10.8 Å². The van der Waals surface area contributed by atoms with Crippen molar-refractivity contribution in [1.29, 1.82) is 0 Å². The predicted molar refractivity (Wildman–Crippen MR) is 133 cm³/mol. The first-order valence-corrected chi connectivity index (χ1v) is 10.8. The van der Waals surface area contributed by atoms with Gasteiger partial charge in [0.2, 0.25) is 0 Å². The van der Waals surface area contributed by atoms with Gasteiger partial charge in [0.1, 0.15) is 0 Å². The van der Waals surface area contributed by atoms with Crippen LogP contribution in [-0.2, 0) is 6.54 Å². The third kappa shape index (κ3) is 6.09. The highest BCUT2D eigenvalue weighted by Gasteiger charge is 2.16. The molecule has 7 nitrogen and oxygen atoms in total. The third-order valence-electron chi connectivity index (χ3n) is 5.85. The summed E-state index contributed by atoms with van der Waals surface area (Å²) < 4.78 is 0. The Hall–Kier alpha value is -2.97. The minimum Gasteiger partial charge on any atom is -0.297 e. The van der Waals surface area contributed by atoms with Crippen LogP contribution in [0.3, 0.4) is 0 Å². The van der Waals surface area contributed by atoms with E-state index < -0.39 is 5.91 Å². The number of nitrogens with zero attached hydrogens (tertiary/aromatic N) is 1. The van der Waals surface area contributed by atoms with Gasteiger partial charge in [-0.15, -0.1) is 12.4 Å². The molecule has 0 aliphatic rings. The zero-order chi connectivity index (χ0) is 23.1. The van der Waals surface area contributed by atoms with Crippen LogP contribution in [0.5, 0.6) is 0 Å². The van der Waals surface area contributed by atoms with Gasteiger partial charge in [-0.1, -0.05) is 50.2 Å². The van der Waals surface area contributed by atoms with Gasteiger partial charge >= 0.3 is 0 Å². The maximum atomic E-state index is 12.4. The van der Waals surface area contributed by atoms with E-state index in [0.717, 1.165) is 24.0 Å². The van der Waals surface area contributed by atoms with E-state index in [1.165, 1.54) is 35.2 Å². The summed E-state index contributed by atoms with van der Waals surface area (Å²) in [6.45, 7) is 9.05. The quantitative estimate of drug-likeness (QED) is 0.277. The van der Waals surface area contributed by atoms with E-state index >= 15 is 0 Å². The molecule has 0 fully saturated rings. The first-order chi connectivity index (χ1) is 15.5. The topological polar surface area (TPSA) is 93.7 Å². The molecule has 1 atom stereocenters. The molecular formula is C25H31ClN4O3. The second-order valence-electron chi connectivity index (χ2n) is 7.58. The van der Waals surface area contributed by atoms with Crippen LogP contribution in [0.2, 0.25) is 0 Å². The van der Waals surface area contributed by atoms with Crippen LogP contribution in [0.15, 0.2) is 60.7 Å². The molecule has 0 saturated carbocycles. The molecular weight excluding hydrogens is 440 g/mol. The van der Waals surface area contributed by atoms with Crippen LogP contribution in [0.4, 0.5) is 0 Å². The van der Waals surface area contributed by atoms with E-state index in [1.54, 1.807) is 5.48 Å². The van der Waals surface area contributed by atoms with Crippen LogP contribution >= 0.6 is 12.4 Å². The molecule has 33 heavy (non-hydrogen) atoms. The van der Waals surface area contributed by atoms with E-state index in [-0.39, 0.29) is 23.9 Å². The fourth-order valence-electron chi connectivity index (χ4n) is 4.00. The molecule has 3 aromatic carbocycles. The van der Waals surface area contributed by atoms with Crippen molar-refractivity contribution < 1.29 is 14.8 Å². The summed E-state index contributed by atoms with van der Waals surface area (Å²) in [5.41, 5.74) is 10.3. The lowest BCUT2D eigenvalue weighted by Crippen LogP contribution is -2.36. The van der Waals surface area contributed by atoms with Gasteiger partial charge in [0.05, 0.1) is 0 Å². The van der Waals surface area contributed by atoms with E-state index in [9.17, 15) is 9.59 Å². The second kappa shape index (κ2) is 12.3. The Bertz CT molecular complexity index is 1080. The van der Waals surface area contributed by atoms with Crippen LogP contribution < -0.4 is 16.3 Å². The molecule has 176 valence electrons. The molecule has 2 amide bonds. The Balaban J connectivity index is 0.00000385. The molecule has 1 unspecified atom stereocenters. The summed E-state index contributed by atoms with van der Waals surface area (Å²) in [6, 6.07) is 18.9. The maximum absolute atomic E-state index is 12.4. The van der Waals surface area contributed by atoms with Crippen molar-refractivity contribution >= 4 is 35.0 Å². The summed E-state index contributed by atoms with van der Waals surface area (Å²) in [4.78, 5) is 26.2. The number of hydrogen-bond acceptors (Lipinski definition) is 5. The number of amides is 2. The lowest BCUT2D eigenvalue weighted by atomic mass is 9.95. The van der Waals surface area contributed by atoms with E-state index in [4.69, 9.17) is 5.21 Å². The SMILES string of the molecule is CCN(CC)C(C)c1ccc(CNNC(=O)c2ccc(C(=O)NO)cc2)c2ccccc12.Cl. The number of hydrazine groups is 1. The molecule has 4 N–H and O–H groups in total. The molecule has 0 saturated heterocycles. The number of halogens is 1. The van der Waals surface area contributed by atoms with Gasteiger partial charge in [-0.05, 0) is 66.2 Å². The molecule has 0 aromatic heterocycles. The first-order valence-electron chi connectivity index (χ1n) is 10.8. The summed E-state index contributed by atoms with van der Waals surface area (Å²) in [7, 11) is 0. The molecule has 0 aliphatic heterocycles. The minimum atomic E-state index is -0.624. The fourth-order valence-corrected chi connectivity index (χ4v) is 4.00. The van der Waals surface area contributed by atoms with Gasteiger partial charge in [-0.25, -0.2) is 10.9 Å². The summed E-state index contributed by atoms with van der Waals surface area (Å²) >= 11 is 0.